The number of hydrogen-bond donors (Lipinski definition) is 1. The van der Waals surface area contributed by atoms with E-state index >= 15 is 0 Å². The molecular weight excluding hydrogens is 172 g/mol. The summed E-state index contributed by atoms with van der Waals surface area (Å²) in [5, 5.41) is 9.63. The first kappa shape index (κ1) is 14.0. The van der Waals surface area contributed by atoms with Gasteiger partial charge in [-0.1, -0.05) is 65.2 Å². The number of aliphatic hydroxyl groups excluding tert-OH is 1. The van der Waals surface area contributed by atoms with Gasteiger partial charge in [0.15, 0.2) is 0 Å². The number of hydrogen-bond acceptors (Lipinski definition) is 1. The molecule has 0 saturated heterocycles. The monoisotopic (exact) mass is 200 g/mol. The fourth-order valence-corrected chi connectivity index (χ4v) is 1.76. The SMILES string of the molecule is CCCCCCC[C@@H](O)CCCCC. The van der Waals surface area contributed by atoms with Gasteiger partial charge in [0, 0.05) is 0 Å². The van der Waals surface area contributed by atoms with Gasteiger partial charge in [0.2, 0.25) is 0 Å². The highest BCUT2D eigenvalue weighted by molar-refractivity contribution is 4.56. The standard InChI is InChI=1S/C13H28O/c1-3-5-7-8-10-12-13(14)11-9-6-4-2/h13-14H,3-12H2,1-2H3/t13-/m0/s1. The summed E-state index contributed by atoms with van der Waals surface area (Å²) in [5.41, 5.74) is 0. The minimum absolute atomic E-state index is 0.0248. The van der Waals surface area contributed by atoms with E-state index in [9.17, 15) is 5.11 Å². The molecule has 1 nitrogen and oxygen atoms in total. The minimum Gasteiger partial charge on any atom is -0.393 e. The summed E-state index contributed by atoms with van der Waals surface area (Å²) in [4.78, 5) is 0. The largest absolute Gasteiger partial charge is 0.393 e. The van der Waals surface area contributed by atoms with Crippen molar-refractivity contribution in [3.05, 3.63) is 0 Å². The van der Waals surface area contributed by atoms with E-state index in [4.69, 9.17) is 0 Å². The molecule has 14 heavy (non-hydrogen) atoms. The van der Waals surface area contributed by atoms with Gasteiger partial charge in [-0.15, -0.1) is 0 Å². The van der Waals surface area contributed by atoms with Crippen molar-refractivity contribution in [2.45, 2.75) is 84.2 Å². The lowest BCUT2D eigenvalue weighted by Gasteiger charge is -2.09. The van der Waals surface area contributed by atoms with Crippen molar-refractivity contribution >= 4 is 0 Å². The fraction of sp³-hybridized carbons (Fsp3) is 1.00. The van der Waals surface area contributed by atoms with Crippen LogP contribution in [-0.2, 0) is 0 Å². The molecule has 0 saturated carbocycles. The first-order chi connectivity index (χ1) is 6.81. The van der Waals surface area contributed by atoms with E-state index in [0.717, 1.165) is 12.8 Å². The Kier molecular flexibility index (Phi) is 11.0. The van der Waals surface area contributed by atoms with E-state index in [0.29, 0.717) is 0 Å². The van der Waals surface area contributed by atoms with Crippen molar-refractivity contribution < 1.29 is 5.11 Å². The summed E-state index contributed by atoms with van der Waals surface area (Å²) < 4.78 is 0. The number of rotatable bonds is 10. The summed E-state index contributed by atoms with van der Waals surface area (Å²) in [6.07, 6.45) is 12.3. The van der Waals surface area contributed by atoms with Crippen LogP contribution in [0.5, 0.6) is 0 Å². The summed E-state index contributed by atoms with van der Waals surface area (Å²) in [5.74, 6) is 0. The highest BCUT2D eigenvalue weighted by Crippen LogP contribution is 2.11. The van der Waals surface area contributed by atoms with E-state index in [1.54, 1.807) is 0 Å². The lowest BCUT2D eigenvalue weighted by molar-refractivity contribution is 0.147. The molecule has 1 N–H and O–H groups in total. The maximum Gasteiger partial charge on any atom is 0.0540 e. The molecule has 1 atom stereocenters. The summed E-state index contributed by atoms with van der Waals surface area (Å²) >= 11 is 0. The topological polar surface area (TPSA) is 20.2 Å². The van der Waals surface area contributed by atoms with Gasteiger partial charge in [-0.2, -0.15) is 0 Å². The van der Waals surface area contributed by atoms with Crippen LogP contribution in [0, 0.1) is 0 Å². The second kappa shape index (κ2) is 11.0. The molecule has 86 valence electrons. The fourth-order valence-electron chi connectivity index (χ4n) is 1.76. The van der Waals surface area contributed by atoms with Gasteiger partial charge < -0.3 is 5.11 Å². The van der Waals surface area contributed by atoms with Crippen molar-refractivity contribution in [2.24, 2.45) is 0 Å². The Morgan fingerprint density at radius 2 is 1.14 bits per heavy atom. The zero-order chi connectivity index (χ0) is 10.6. The van der Waals surface area contributed by atoms with Gasteiger partial charge >= 0.3 is 0 Å². The van der Waals surface area contributed by atoms with Crippen LogP contribution in [0.1, 0.15) is 78.1 Å². The summed E-state index contributed by atoms with van der Waals surface area (Å²) in [6.45, 7) is 4.44. The zero-order valence-electron chi connectivity index (χ0n) is 10.1. The minimum atomic E-state index is -0.0248. The number of aliphatic hydroxyl groups is 1. The lowest BCUT2D eigenvalue weighted by atomic mass is 10.0. The van der Waals surface area contributed by atoms with Crippen molar-refractivity contribution in [3.63, 3.8) is 0 Å². The Balaban J connectivity index is 3.06. The molecule has 0 amide bonds. The molecule has 0 radical (unpaired) electrons. The summed E-state index contributed by atoms with van der Waals surface area (Å²) in [6, 6.07) is 0. The van der Waals surface area contributed by atoms with Crippen molar-refractivity contribution in [1.82, 2.24) is 0 Å². The smallest absolute Gasteiger partial charge is 0.0540 e. The Bertz CT molecular complexity index is 101. The Hall–Kier alpha value is -0.0400. The zero-order valence-corrected chi connectivity index (χ0v) is 10.1. The maximum atomic E-state index is 9.63. The molecule has 1 heteroatoms. The van der Waals surface area contributed by atoms with E-state index < -0.39 is 0 Å². The molecule has 0 bridgehead atoms. The van der Waals surface area contributed by atoms with Crippen molar-refractivity contribution in [2.75, 3.05) is 0 Å². The quantitative estimate of drug-likeness (QED) is 0.522. The van der Waals surface area contributed by atoms with Gasteiger partial charge in [0.1, 0.15) is 0 Å². The van der Waals surface area contributed by atoms with Crippen LogP contribution in [0.25, 0.3) is 0 Å². The van der Waals surface area contributed by atoms with Crippen molar-refractivity contribution in [3.8, 4) is 0 Å². The molecule has 0 heterocycles. The van der Waals surface area contributed by atoms with Crippen LogP contribution in [-0.4, -0.2) is 11.2 Å². The van der Waals surface area contributed by atoms with Gasteiger partial charge in [0.05, 0.1) is 6.10 Å². The first-order valence-electron chi connectivity index (χ1n) is 6.49. The van der Waals surface area contributed by atoms with Crippen LogP contribution in [0.3, 0.4) is 0 Å². The van der Waals surface area contributed by atoms with E-state index in [1.807, 2.05) is 0 Å². The highest BCUT2D eigenvalue weighted by Gasteiger charge is 2.02. The third-order valence-electron chi connectivity index (χ3n) is 2.78. The summed E-state index contributed by atoms with van der Waals surface area (Å²) in [7, 11) is 0. The van der Waals surface area contributed by atoms with E-state index in [1.165, 1.54) is 51.4 Å². The predicted octanol–water partition coefficient (Wildman–Crippen LogP) is 4.29. The van der Waals surface area contributed by atoms with Crippen LogP contribution < -0.4 is 0 Å². The van der Waals surface area contributed by atoms with Crippen LogP contribution in [0.15, 0.2) is 0 Å². The average Bonchev–Trinajstić information content (AvgIpc) is 2.18. The molecule has 0 aliphatic heterocycles. The molecule has 0 unspecified atom stereocenters. The molecular formula is C13H28O. The van der Waals surface area contributed by atoms with Crippen molar-refractivity contribution in [1.29, 1.82) is 0 Å². The van der Waals surface area contributed by atoms with Gasteiger partial charge in [-0.3, -0.25) is 0 Å². The predicted molar refractivity (Wildman–Crippen MR) is 63.5 cm³/mol. The second-order valence-electron chi connectivity index (χ2n) is 4.35. The van der Waals surface area contributed by atoms with E-state index in [2.05, 4.69) is 13.8 Å². The van der Waals surface area contributed by atoms with Crippen LogP contribution >= 0.6 is 0 Å². The van der Waals surface area contributed by atoms with Crippen LogP contribution in [0.2, 0.25) is 0 Å². The molecule has 0 aromatic heterocycles. The van der Waals surface area contributed by atoms with Crippen LogP contribution in [0.4, 0.5) is 0 Å². The van der Waals surface area contributed by atoms with E-state index in [-0.39, 0.29) is 6.10 Å². The Morgan fingerprint density at radius 1 is 0.714 bits per heavy atom. The normalized spacial score (nSPS) is 13.1. The highest BCUT2D eigenvalue weighted by atomic mass is 16.3. The molecule has 0 spiro atoms. The molecule has 0 aliphatic rings. The molecule has 0 rings (SSSR count). The molecule has 0 aromatic rings. The third-order valence-corrected chi connectivity index (χ3v) is 2.78. The van der Waals surface area contributed by atoms with Gasteiger partial charge in [-0.25, -0.2) is 0 Å². The average molecular weight is 200 g/mol. The second-order valence-corrected chi connectivity index (χ2v) is 4.35. The van der Waals surface area contributed by atoms with Gasteiger partial charge in [-0.05, 0) is 12.8 Å². The third kappa shape index (κ3) is 10.0. The first-order valence-corrected chi connectivity index (χ1v) is 6.49. The lowest BCUT2D eigenvalue weighted by Crippen LogP contribution is -2.05. The number of unbranched alkanes of at least 4 members (excludes halogenated alkanes) is 6. The molecule has 0 aromatic carbocycles. The Labute approximate surface area is 89.9 Å². The van der Waals surface area contributed by atoms with Gasteiger partial charge in [0.25, 0.3) is 0 Å². The maximum absolute atomic E-state index is 9.63. The molecule has 0 fully saturated rings. The Morgan fingerprint density at radius 3 is 1.71 bits per heavy atom. The molecule has 0 aliphatic carbocycles.